The van der Waals surface area contributed by atoms with E-state index in [0.29, 0.717) is 23.3 Å². The van der Waals surface area contributed by atoms with Crippen molar-refractivity contribution in [1.29, 1.82) is 10.5 Å². The Hall–Kier alpha value is -3.52. The third-order valence-corrected chi connectivity index (χ3v) is 7.49. The van der Waals surface area contributed by atoms with Gasteiger partial charge in [0.15, 0.2) is 0 Å². The summed E-state index contributed by atoms with van der Waals surface area (Å²) in [5, 5.41) is 21.6. The molecule has 1 aliphatic rings. The third-order valence-electron chi connectivity index (χ3n) is 7.49. The highest BCUT2D eigenvalue weighted by molar-refractivity contribution is 5.94. The van der Waals surface area contributed by atoms with E-state index in [1.807, 2.05) is 52.0 Å². The molecule has 5 nitrogen and oxygen atoms in total. The van der Waals surface area contributed by atoms with Gasteiger partial charge >= 0.3 is 6.18 Å². The quantitative estimate of drug-likeness (QED) is 0.335. The van der Waals surface area contributed by atoms with Crippen molar-refractivity contribution in [3.8, 4) is 17.9 Å². The Kier molecular flexibility index (Phi) is 8.77. The molecule has 8 heteroatoms. The number of carbonyl (C=O) groups excluding carboxylic acids is 1. The van der Waals surface area contributed by atoms with Gasteiger partial charge in [-0.15, -0.1) is 0 Å². The molecule has 0 unspecified atom stereocenters. The lowest BCUT2D eigenvalue weighted by atomic mass is 9.49. The van der Waals surface area contributed by atoms with Crippen LogP contribution >= 0.6 is 0 Å². The van der Waals surface area contributed by atoms with Gasteiger partial charge in [-0.25, -0.2) is 0 Å². The van der Waals surface area contributed by atoms with Crippen LogP contribution in [-0.2, 0) is 6.42 Å². The number of hydrogen-bond acceptors (Lipinski definition) is 4. The van der Waals surface area contributed by atoms with Crippen LogP contribution in [-0.4, -0.2) is 24.2 Å². The Bertz CT molecular complexity index is 1210. The summed E-state index contributed by atoms with van der Waals surface area (Å²) in [5.74, 6) is 0.325. The van der Waals surface area contributed by atoms with Crippen molar-refractivity contribution in [3.63, 3.8) is 0 Å². The lowest BCUT2D eigenvalue weighted by molar-refractivity contribution is -0.164. The summed E-state index contributed by atoms with van der Waals surface area (Å²) in [5.41, 5.74) is 1.35. The van der Waals surface area contributed by atoms with Crippen LogP contribution < -0.4 is 10.1 Å². The van der Waals surface area contributed by atoms with E-state index < -0.39 is 23.4 Å². The predicted octanol–water partition coefficient (Wildman–Crippen LogP) is 7.10. The van der Waals surface area contributed by atoms with Gasteiger partial charge in [-0.2, -0.15) is 23.7 Å². The smallest absolute Gasteiger partial charge is 0.389 e. The van der Waals surface area contributed by atoms with Gasteiger partial charge in [-0.05, 0) is 55.2 Å². The normalized spacial score (nSPS) is 19.5. The predicted molar refractivity (Wildman–Crippen MR) is 138 cm³/mol. The number of nitrogens with zero attached hydrogens (tertiary/aromatic N) is 2. The average Bonchev–Trinajstić information content (AvgIpc) is 2.86. The Labute approximate surface area is 222 Å². The Morgan fingerprint density at radius 1 is 0.921 bits per heavy atom. The van der Waals surface area contributed by atoms with E-state index in [1.165, 1.54) is 0 Å². The number of nitriles is 2. The van der Waals surface area contributed by atoms with Crippen LogP contribution in [0, 0.1) is 33.5 Å². The molecule has 1 saturated carbocycles. The van der Waals surface area contributed by atoms with Crippen LogP contribution in [0.4, 0.5) is 13.2 Å². The molecule has 0 atom stereocenters. The van der Waals surface area contributed by atoms with Crippen molar-refractivity contribution in [2.75, 3.05) is 0 Å². The van der Waals surface area contributed by atoms with Crippen molar-refractivity contribution in [3.05, 3.63) is 64.7 Å². The fourth-order valence-corrected chi connectivity index (χ4v) is 5.77. The highest BCUT2D eigenvalue weighted by Crippen LogP contribution is 2.55. The number of amides is 1. The summed E-state index contributed by atoms with van der Waals surface area (Å²) < 4.78 is 42.9. The molecular formula is C30H34F3N3O2. The molecule has 0 bridgehead atoms. The number of aryl methyl sites for hydroxylation is 1. The van der Waals surface area contributed by atoms with Crippen LogP contribution in [0.5, 0.6) is 5.75 Å². The molecule has 2 aromatic rings. The zero-order valence-electron chi connectivity index (χ0n) is 22.3. The van der Waals surface area contributed by atoms with E-state index in [4.69, 9.17) is 10.00 Å². The summed E-state index contributed by atoms with van der Waals surface area (Å²) in [6.45, 7) is 8.11. The zero-order chi connectivity index (χ0) is 28.1. The van der Waals surface area contributed by atoms with E-state index in [1.54, 1.807) is 30.3 Å². The number of carbonyl (C=O) groups is 1. The first-order chi connectivity index (χ1) is 17.8. The molecule has 0 radical (unpaired) electrons. The molecule has 1 fully saturated rings. The summed E-state index contributed by atoms with van der Waals surface area (Å²) in [4.78, 5) is 13.1. The molecule has 0 aliphatic heterocycles. The number of benzene rings is 2. The second-order valence-electron chi connectivity index (χ2n) is 11.2. The Morgan fingerprint density at radius 3 is 2.11 bits per heavy atom. The summed E-state index contributed by atoms with van der Waals surface area (Å²) >= 11 is 0. The first-order valence-corrected chi connectivity index (χ1v) is 12.9. The lowest BCUT2D eigenvalue weighted by Gasteiger charge is -2.63. The molecule has 1 N–H and O–H groups in total. The number of ether oxygens (including phenoxy) is 1. The lowest BCUT2D eigenvalue weighted by Crippen LogP contribution is -2.74. The molecule has 3 rings (SSSR count). The van der Waals surface area contributed by atoms with Crippen LogP contribution in [0.3, 0.4) is 0 Å². The molecule has 0 aromatic heterocycles. The molecule has 2 aromatic carbocycles. The van der Waals surface area contributed by atoms with Gasteiger partial charge in [-0.1, -0.05) is 52.7 Å². The molecule has 1 amide bonds. The molecule has 1 aliphatic carbocycles. The van der Waals surface area contributed by atoms with E-state index in [0.717, 1.165) is 24.8 Å². The number of unbranched alkanes of at least 4 members (excludes halogenated alkanes) is 3. The van der Waals surface area contributed by atoms with E-state index in [9.17, 15) is 23.2 Å². The van der Waals surface area contributed by atoms with Crippen LogP contribution in [0.15, 0.2) is 42.5 Å². The van der Waals surface area contributed by atoms with Gasteiger partial charge in [0.1, 0.15) is 24.0 Å². The van der Waals surface area contributed by atoms with E-state index in [2.05, 4.69) is 5.32 Å². The van der Waals surface area contributed by atoms with Crippen LogP contribution in [0.2, 0.25) is 0 Å². The zero-order valence-corrected chi connectivity index (χ0v) is 22.3. The van der Waals surface area contributed by atoms with E-state index in [-0.39, 0.29) is 30.0 Å². The van der Waals surface area contributed by atoms with Crippen molar-refractivity contribution >= 4 is 5.91 Å². The number of rotatable bonds is 10. The topological polar surface area (TPSA) is 85.9 Å². The second kappa shape index (κ2) is 11.5. The minimum absolute atomic E-state index is 0.163. The van der Waals surface area contributed by atoms with Gasteiger partial charge in [-0.3, -0.25) is 4.79 Å². The minimum Gasteiger partial charge on any atom is -0.489 e. The van der Waals surface area contributed by atoms with Crippen LogP contribution in [0.1, 0.15) is 86.8 Å². The van der Waals surface area contributed by atoms with Crippen molar-refractivity contribution in [2.24, 2.45) is 10.8 Å². The Balaban J connectivity index is 1.55. The average molecular weight is 526 g/mol. The maximum Gasteiger partial charge on any atom is 0.389 e. The highest BCUT2D eigenvalue weighted by atomic mass is 19.4. The van der Waals surface area contributed by atoms with Gasteiger partial charge in [0.25, 0.3) is 5.91 Å². The van der Waals surface area contributed by atoms with Crippen molar-refractivity contribution in [1.82, 2.24) is 5.32 Å². The van der Waals surface area contributed by atoms with Gasteiger partial charge in [0, 0.05) is 28.9 Å². The molecule has 38 heavy (non-hydrogen) atoms. The van der Waals surface area contributed by atoms with Crippen LogP contribution in [0.25, 0.3) is 0 Å². The van der Waals surface area contributed by atoms with Gasteiger partial charge < -0.3 is 10.1 Å². The Morgan fingerprint density at radius 2 is 1.53 bits per heavy atom. The fraction of sp³-hybridized carbons (Fsp3) is 0.500. The monoisotopic (exact) mass is 525 g/mol. The largest absolute Gasteiger partial charge is 0.489 e. The van der Waals surface area contributed by atoms with Crippen molar-refractivity contribution in [2.45, 2.75) is 84.5 Å². The molecule has 0 heterocycles. The number of halogens is 3. The maximum atomic E-state index is 13.1. The minimum atomic E-state index is -4.08. The SMILES string of the molecule is CC1(C)[C@H](NC(=O)c2ccc(CCCCCCC(F)(F)F)cc2)C(C)(C)[C@H]1Oc1ccc(C#N)c(C#N)c1. The van der Waals surface area contributed by atoms with Gasteiger partial charge in [0.05, 0.1) is 11.1 Å². The molecule has 202 valence electrons. The number of alkyl halides is 3. The summed E-state index contributed by atoms with van der Waals surface area (Å²) in [6, 6.07) is 16.0. The van der Waals surface area contributed by atoms with E-state index >= 15 is 0 Å². The number of nitrogens with one attached hydrogen (secondary N) is 1. The van der Waals surface area contributed by atoms with Crippen molar-refractivity contribution < 1.29 is 22.7 Å². The standard InChI is InChI=1S/C30H34F3N3O2/c1-28(2)26(29(3,4)27(28)38-24-15-14-22(18-34)23(17-24)19-35)36-25(37)21-12-10-20(11-13-21)9-7-5-6-8-16-30(31,32)33/h10-15,17,26-27H,5-9,16H2,1-4H3,(H,36,37)/t26-,27-. The highest BCUT2D eigenvalue weighted by Gasteiger charge is 2.64. The summed E-state index contributed by atoms with van der Waals surface area (Å²) in [7, 11) is 0. The summed E-state index contributed by atoms with van der Waals surface area (Å²) in [6.07, 6.45) is -2.01. The third kappa shape index (κ3) is 6.67. The first-order valence-electron chi connectivity index (χ1n) is 12.9. The molecule has 0 saturated heterocycles. The second-order valence-corrected chi connectivity index (χ2v) is 11.2. The van der Waals surface area contributed by atoms with Gasteiger partial charge in [0.2, 0.25) is 0 Å². The number of hydrogen-bond donors (Lipinski definition) is 1. The first kappa shape index (κ1) is 29.0. The maximum absolute atomic E-state index is 13.1. The molecule has 0 spiro atoms. The molecular weight excluding hydrogens is 491 g/mol. The fourth-order valence-electron chi connectivity index (χ4n) is 5.77.